The lowest BCUT2D eigenvalue weighted by molar-refractivity contribution is -0.137. The Morgan fingerprint density at radius 1 is 1.30 bits per heavy atom. The number of piperazine rings is 1. The summed E-state index contributed by atoms with van der Waals surface area (Å²) in [5.41, 5.74) is 1.06. The number of nitrogens with zero attached hydrogens (tertiary/aromatic N) is 2. The average Bonchev–Trinajstić information content (AvgIpc) is 2.97. The molecule has 0 aliphatic carbocycles. The zero-order valence-electron chi connectivity index (χ0n) is 12.7. The number of rotatable bonds is 3. The fraction of sp³-hybridized carbons (Fsp3) is 0.438. The number of alkyl halides is 3. The monoisotopic (exact) mass is 341 g/mol. The summed E-state index contributed by atoms with van der Waals surface area (Å²) >= 11 is 1.47. The van der Waals surface area contributed by atoms with E-state index >= 15 is 0 Å². The largest absolute Gasteiger partial charge is 0.416 e. The third kappa shape index (κ3) is 3.91. The number of aromatic nitrogens is 1. The zero-order chi connectivity index (χ0) is 16.4. The molecule has 0 unspecified atom stereocenters. The van der Waals surface area contributed by atoms with Gasteiger partial charge in [-0.05, 0) is 19.1 Å². The number of hydrogen-bond acceptors (Lipinski definition) is 4. The maximum absolute atomic E-state index is 12.6. The molecule has 0 bridgehead atoms. The Hall–Kier alpha value is -1.44. The first kappa shape index (κ1) is 16.4. The molecule has 0 saturated carbocycles. The van der Waals surface area contributed by atoms with E-state index < -0.39 is 11.7 Å². The molecule has 124 valence electrons. The van der Waals surface area contributed by atoms with Gasteiger partial charge in [-0.15, -0.1) is 11.3 Å². The Morgan fingerprint density at radius 2 is 2.04 bits per heavy atom. The van der Waals surface area contributed by atoms with E-state index in [9.17, 15) is 13.2 Å². The molecule has 0 radical (unpaired) electrons. The third-order valence-corrected chi connectivity index (χ3v) is 4.96. The highest BCUT2D eigenvalue weighted by molar-refractivity contribution is 7.13. The highest BCUT2D eigenvalue weighted by atomic mass is 32.1. The highest BCUT2D eigenvalue weighted by Gasteiger charge is 2.30. The molecule has 1 saturated heterocycles. The van der Waals surface area contributed by atoms with E-state index in [0.717, 1.165) is 54.6 Å². The van der Waals surface area contributed by atoms with Crippen molar-refractivity contribution in [2.75, 3.05) is 19.6 Å². The number of thiazole rings is 1. The fourth-order valence-electron chi connectivity index (χ4n) is 2.64. The molecular weight excluding hydrogens is 323 g/mol. The molecule has 23 heavy (non-hydrogen) atoms. The van der Waals surface area contributed by atoms with Crippen LogP contribution < -0.4 is 5.32 Å². The minimum atomic E-state index is -4.30. The summed E-state index contributed by atoms with van der Waals surface area (Å²) in [6.07, 6.45) is -4.30. The van der Waals surface area contributed by atoms with Crippen molar-refractivity contribution in [3.63, 3.8) is 0 Å². The van der Waals surface area contributed by atoms with Gasteiger partial charge in [-0.25, -0.2) is 4.98 Å². The van der Waals surface area contributed by atoms with E-state index in [1.54, 1.807) is 0 Å². The van der Waals surface area contributed by atoms with E-state index in [1.165, 1.54) is 23.5 Å². The van der Waals surface area contributed by atoms with Gasteiger partial charge in [-0.1, -0.05) is 12.1 Å². The van der Waals surface area contributed by atoms with Crippen LogP contribution in [0.5, 0.6) is 0 Å². The molecule has 1 fully saturated rings. The molecule has 0 amide bonds. The van der Waals surface area contributed by atoms with Crippen molar-refractivity contribution in [2.45, 2.75) is 25.7 Å². The Bertz CT molecular complexity index is 651. The molecule has 1 N–H and O–H groups in total. The van der Waals surface area contributed by atoms with Crippen molar-refractivity contribution in [1.82, 2.24) is 15.2 Å². The Balaban J connectivity index is 1.71. The molecule has 1 aliphatic rings. The van der Waals surface area contributed by atoms with Crippen LogP contribution in [0.4, 0.5) is 13.2 Å². The summed E-state index contributed by atoms with van der Waals surface area (Å²) < 4.78 is 37.8. The molecule has 1 aliphatic heterocycles. The predicted molar refractivity (Wildman–Crippen MR) is 85.3 cm³/mol. The molecule has 3 nitrogen and oxygen atoms in total. The summed E-state index contributed by atoms with van der Waals surface area (Å²) in [6, 6.07) is 5.64. The van der Waals surface area contributed by atoms with Gasteiger partial charge < -0.3 is 5.32 Å². The van der Waals surface area contributed by atoms with Crippen LogP contribution in [-0.2, 0) is 12.7 Å². The quantitative estimate of drug-likeness (QED) is 0.924. The number of nitrogens with one attached hydrogen (secondary N) is 1. The predicted octanol–water partition coefficient (Wildman–Crippen LogP) is 3.62. The van der Waals surface area contributed by atoms with Gasteiger partial charge >= 0.3 is 6.18 Å². The van der Waals surface area contributed by atoms with Crippen LogP contribution in [0.2, 0.25) is 0 Å². The lowest BCUT2D eigenvalue weighted by Crippen LogP contribution is -2.49. The van der Waals surface area contributed by atoms with Crippen molar-refractivity contribution in [2.24, 2.45) is 0 Å². The maximum Gasteiger partial charge on any atom is 0.416 e. The number of hydrogen-bond donors (Lipinski definition) is 1. The minimum Gasteiger partial charge on any atom is -0.314 e. The molecule has 2 heterocycles. The smallest absolute Gasteiger partial charge is 0.314 e. The first-order valence-electron chi connectivity index (χ1n) is 7.50. The van der Waals surface area contributed by atoms with Crippen molar-refractivity contribution in [3.8, 4) is 10.6 Å². The van der Waals surface area contributed by atoms with Crippen molar-refractivity contribution in [3.05, 3.63) is 40.9 Å². The Kier molecular flexibility index (Phi) is 4.70. The molecule has 1 aromatic carbocycles. The SMILES string of the molecule is C[C@@H]1CNCCN1Cc1csc(-c2ccc(C(F)(F)F)cc2)n1. The fourth-order valence-corrected chi connectivity index (χ4v) is 3.46. The zero-order valence-corrected chi connectivity index (χ0v) is 13.5. The van der Waals surface area contributed by atoms with Crippen molar-refractivity contribution < 1.29 is 13.2 Å². The van der Waals surface area contributed by atoms with Crippen LogP contribution in [0, 0.1) is 0 Å². The van der Waals surface area contributed by atoms with Gasteiger partial charge in [0.15, 0.2) is 0 Å². The van der Waals surface area contributed by atoms with Crippen LogP contribution in [0.15, 0.2) is 29.6 Å². The molecule has 0 spiro atoms. The van der Waals surface area contributed by atoms with Crippen LogP contribution in [-0.4, -0.2) is 35.6 Å². The summed E-state index contributed by atoms with van der Waals surface area (Å²) in [5.74, 6) is 0. The molecule has 2 aromatic rings. The second-order valence-corrected chi connectivity index (χ2v) is 6.60. The van der Waals surface area contributed by atoms with Gasteiger partial charge in [0.1, 0.15) is 5.01 Å². The average molecular weight is 341 g/mol. The lowest BCUT2D eigenvalue weighted by atomic mass is 10.1. The maximum atomic E-state index is 12.6. The highest BCUT2D eigenvalue weighted by Crippen LogP contribution is 2.31. The summed E-state index contributed by atoms with van der Waals surface area (Å²) in [5, 5.41) is 6.10. The molecule has 1 aromatic heterocycles. The normalized spacial score (nSPS) is 19.9. The van der Waals surface area contributed by atoms with E-state index in [1.807, 2.05) is 5.38 Å². The second kappa shape index (κ2) is 6.59. The number of halogens is 3. The van der Waals surface area contributed by atoms with E-state index in [2.05, 4.69) is 22.1 Å². The van der Waals surface area contributed by atoms with Gasteiger partial charge in [0.05, 0.1) is 11.3 Å². The van der Waals surface area contributed by atoms with Gasteiger partial charge in [-0.3, -0.25) is 4.90 Å². The van der Waals surface area contributed by atoms with Crippen molar-refractivity contribution in [1.29, 1.82) is 0 Å². The van der Waals surface area contributed by atoms with E-state index in [4.69, 9.17) is 0 Å². The molecule has 7 heteroatoms. The lowest BCUT2D eigenvalue weighted by Gasteiger charge is -2.33. The van der Waals surface area contributed by atoms with Gasteiger partial charge in [0, 0.05) is 43.2 Å². The Morgan fingerprint density at radius 3 is 2.70 bits per heavy atom. The first-order valence-corrected chi connectivity index (χ1v) is 8.38. The third-order valence-electron chi connectivity index (χ3n) is 4.01. The van der Waals surface area contributed by atoms with Gasteiger partial charge in [0.2, 0.25) is 0 Å². The standard InChI is InChI=1S/C16H18F3N3S/c1-11-8-20-6-7-22(11)9-14-10-23-15(21-14)12-2-4-13(5-3-12)16(17,18)19/h2-5,10-11,20H,6-9H2,1H3/t11-/m1/s1. The van der Waals surface area contributed by atoms with Crippen LogP contribution in [0.3, 0.4) is 0 Å². The molecular formula is C16H18F3N3S. The van der Waals surface area contributed by atoms with Crippen LogP contribution in [0.25, 0.3) is 10.6 Å². The number of benzene rings is 1. The minimum absolute atomic E-state index is 0.458. The van der Waals surface area contributed by atoms with Crippen molar-refractivity contribution >= 4 is 11.3 Å². The first-order chi connectivity index (χ1) is 10.9. The van der Waals surface area contributed by atoms with Gasteiger partial charge in [-0.2, -0.15) is 13.2 Å². The van der Waals surface area contributed by atoms with Crippen LogP contribution in [0.1, 0.15) is 18.2 Å². The summed E-state index contributed by atoms with van der Waals surface area (Å²) in [7, 11) is 0. The molecule has 3 rings (SSSR count). The van der Waals surface area contributed by atoms with E-state index in [-0.39, 0.29) is 0 Å². The van der Waals surface area contributed by atoms with Gasteiger partial charge in [0.25, 0.3) is 0 Å². The van der Waals surface area contributed by atoms with E-state index in [0.29, 0.717) is 6.04 Å². The second-order valence-electron chi connectivity index (χ2n) is 5.74. The Labute approximate surface area is 137 Å². The summed E-state index contributed by atoms with van der Waals surface area (Å²) in [6.45, 7) is 5.87. The topological polar surface area (TPSA) is 28.2 Å². The van der Waals surface area contributed by atoms with Crippen LogP contribution >= 0.6 is 11.3 Å². The summed E-state index contributed by atoms with van der Waals surface area (Å²) in [4.78, 5) is 6.94. The molecule has 1 atom stereocenters.